The van der Waals surface area contributed by atoms with Crippen LogP contribution in [0.2, 0.25) is 0 Å². The van der Waals surface area contributed by atoms with Gasteiger partial charge in [-0.1, -0.05) is 30.3 Å². The van der Waals surface area contributed by atoms with Crippen LogP contribution in [-0.2, 0) is 14.8 Å². The van der Waals surface area contributed by atoms with Crippen LogP contribution in [0.1, 0.15) is 19.3 Å². The van der Waals surface area contributed by atoms with Crippen LogP contribution in [-0.4, -0.2) is 52.1 Å². The second-order valence-corrected chi connectivity index (χ2v) is 9.62. The lowest BCUT2D eigenvalue weighted by Crippen LogP contribution is -2.35. The standard InChI is InChI=1S/C19H21N5O3S2/c25-18(14-28-19-22-21-17-9-2-5-12-24(17)19)20-15-7-6-8-16(13-15)29(26,27)23-10-3-1-4-11-23/h2,5-9,12-13H,1,3-4,10-11,14H2,(H,20,25). The summed E-state index contributed by atoms with van der Waals surface area (Å²) in [4.78, 5) is 12.6. The van der Waals surface area contributed by atoms with E-state index in [1.165, 1.54) is 22.1 Å². The molecule has 0 saturated carbocycles. The van der Waals surface area contributed by atoms with E-state index in [1.807, 2.05) is 28.8 Å². The summed E-state index contributed by atoms with van der Waals surface area (Å²) >= 11 is 1.27. The van der Waals surface area contributed by atoms with E-state index in [0.717, 1.165) is 19.3 Å². The summed E-state index contributed by atoms with van der Waals surface area (Å²) in [7, 11) is -3.54. The van der Waals surface area contributed by atoms with Crippen molar-refractivity contribution in [2.24, 2.45) is 0 Å². The first kappa shape index (κ1) is 19.9. The number of carbonyl (C=O) groups is 1. The molecule has 1 N–H and O–H groups in total. The van der Waals surface area contributed by atoms with Gasteiger partial charge in [-0.3, -0.25) is 9.20 Å². The number of thioether (sulfide) groups is 1. The fourth-order valence-electron chi connectivity index (χ4n) is 3.23. The zero-order valence-corrected chi connectivity index (χ0v) is 17.3. The monoisotopic (exact) mass is 431 g/mol. The number of sulfonamides is 1. The van der Waals surface area contributed by atoms with Crippen LogP contribution in [0.5, 0.6) is 0 Å². The molecule has 152 valence electrons. The first-order valence-corrected chi connectivity index (χ1v) is 11.8. The summed E-state index contributed by atoms with van der Waals surface area (Å²) in [5, 5.41) is 11.5. The molecule has 3 aromatic rings. The van der Waals surface area contributed by atoms with Gasteiger partial charge in [0.15, 0.2) is 10.8 Å². The molecule has 0 spiro atoms. The molecule has 1 saturated heterocycles. The van der Waals surface area contributed by atoms with Crippen LogP contribution in [0.25, 0.3) is 5.65 Å². The largest absolute Gasteiger partial charge is 0.325 e. The SMILES string of the molecule is O=C(CSc1nnc2ccccn12)Nc1cccc(S(=O)(=O)N2CCCCC2)c1. The van der Waals surface area contributed by atoms with E-state index >= 15 is 0 Å². The Labute approximate surface area is 173 Å². The van der Waals surface area contributed by atoms with Gasteiger partial charge >= 0.3 is 0 Å². The number of benzene rings is 1. The highest BCUT2D eigenvalue weighted by atomic mass is 32.2. The van der Waals surface area contributed by atoms with E-state index < -0.39 is 10.0 Å². The molecule has 4 rings (SSSR count). The van der Waals surface area contributed by atoms with E-state index in [4.69, 9.17) is 0 Å². The van der Waals surface area contributed by atoms with Crippen molar-refractivity contribution in [2.45, 2.75) is 29.3 Å². The zero-order valence-electron chi connectivity index (χ0n) is 15.7. The number of amides is 1. The van der Waals surface area contributed by atoms with Gasteiger partial charge in [-0.15, -0.1) is 10.2 Å². The Hall–Kier alpha value is -2.43. The molecule has 0 aliphatic carbocycles. The van der Waals surface area contributed by atoms with Gasteiger partial charge in [-0.2, -0.15) is 4.31 Å². The summed E-state index contributed by atoms with van der Waals surface area (Å²) in [5.41, 5.74) is 1.17. The van der Waals surface area contributed by atoms with Crippen molar-refractivity contribution < 1.29 is 13.2 Å². The van der Waals surface area contributed by atoms with Gasteiger partial charge in [0, 0.05) is 25.0 Å². The van der Waals surface area contributed by atoms with E-state index in [0.29, 0.717) is 29.6 Å². The van der Waals surface area contributed by atoms with Gasteiger partial charge in [0.1, 0.15) is 0 Å². The quantitative estimate of drug-likeness (QED) is 0.603. The number of hydrogen-bond donors (Lipinski definition) is 1. The van der Waals surface area contributed by atoms with Crippen molar-refractivity contribution >= 4 is 39.0 Å². The van der Waals surface area contributed by atoms with E-state index in [9.17, 15) is 13.2 Å². The van der Waals surface area contributed by atoms with Crippen molar-refractivity contribution in [1.82, 2.24) is 18.9 Å². The third-order valence-corrected chi connectivity index (χ3v) is 7.52. The smallest absolute Gasteiger partial charge is 0.243 e. The summed E-state index contributed by atoms with van der Waals surface area (Å²) in [6.07, 6.45) is 4.65. The van der Waals surface area contributed by atoms with Gasteiger partial charge in [-0.25, -0.2) is 8.42 Å². The second-order valence-electron chi connectivity index (χ2n) is 6.74. The Morgan fingerprint density at radius 3 is 2.72 bits per heavy atom. The van der Waals surface area contributed by atoms with Gasteiger partial charge in [0.05, 0.1) is 10.6 Å². The van der Waals surface area contributed by atoms with Crippen molar-refractivity contribution in [2.75, 3.05) is 24.2 Å². The summed E-state index contributed by atoms with van der Waals surface area (Å²) in [6, 6.07) is 12.0. The van der Waals surface area contributed by atoms with Crippen LogP contribution in [0, 0.1) is 0 Å². The van der Waals surface area contributed by atoms with Crippen molar-refractivity contribution in [3.05, 3.63) is 48.7 Å². The highest BCUT2D eigenvalue weighted by molar-refractivity contribution is 7.99. The fourth-order valence-corrected chi connectivity index (χ4v) is 5.52. The topological polar surface area (TPSA) is 96.7 Å². The van der Waals surface area contributed by atoms with Gasteiger partial charge in [0.2, 0.25) is 15.9 Å². The molecule has 3 heterocycles. The number of carbonyl (C=O) groups excluding carboxylic acids is 1. The maximum absolute atomic E-state index is 12.8. The third kappa shape index (κ3) is 4.44. The highest BCUT2D eigenvalue weighted by Crippen LogP contribution is 2.23. The van der Waals surface area contributed by atoms with Crippen LogP contribution in [0.15, 0.2) is 58.7 Å². The molecule has 1 aliphatic heterocycles. The Kier molecular flexibility index (Phi) is 5.84. The fraction of sp³-hybridized carbons (Fsp3) is 0.316. The molecular weight excluding hydrogens is 410 g/mol. The molecule has 0 radical (unpaired) electrons. The van der Waals surface area contributed by atoms with Gasteiger partial charge in [-0.05, 0) is 43.2 Å². The van der Waals surface area contributed by atoms with Crippen LogP contribution in [0.3, 0.4) is 0 Å². The molecule has 1 aromatic carbocycles. The van der Waals surface area contributed by atoms with Gasteiger partial charge < -0.3 is 5.32 Å². The minimum Gasteiger partial charge on any atom is -0.325 e. The first-order chi connectivity index (χ1) is 14.0. The molecule has 1 amide bonds. The molecule has 1 fully saturated rings. The third-order valence-electron chi connectivity index (χ3n) is 4.69. The average Bonchev–Trinajstić information content (AvgIpc) is 3.16. The summed E-state index contributed by atoms with van der Waals surface area (Å²) < 4.78 is 29.0. The number of aromatic nitrogens is 3. The molecule has 29 heavy (non-hydrogen) atoms. The van der Waals surface area contributed by atoms with Crippen LogP contribution < -0.4 is 5.32 Å². The number of nitrogens with one attached hydrogen (secondary N) is 1. The number of fused-ring (bicyclic) bond motifs is 1. The lowest BCUT2D eigenvalue weighted by molar-refractivity contribution is -0.113. The molecule has 10 heteroatoms. The van der Waals surface area contributed by atoms with Crippen LogP contribution >= 0.6 is 11.8 Å². The van der Waals surface area contributed by atoms with E-state index in [2.05, 4.69) is 15.5 Å². The number of pyridine rings is 1. The van der Waals surface area contributed by atoms with Gasteiger partial charge in [0.25, 0.3) is 0 Å². The minimum absolute atomic E-state index is 0.138. The van der Waals surface area contributed by atoms with Crippen molar-refractivity contribution in [1.29, 1.82) is 0 Å². The number of nitrogens with zero attached hydrogens (tertiary/aromatic N) is 4. The zero-order chi connectivity index (χ0) is 20.3. The highest BCUT2D eigenvalue weighted by Gasteiger charge is 2.26. The Bertz CT molecular complexity index is 1120. The van der Waals surface area contributed by atoms with Crippen molar-refractivity contribution in [3.8, 4) is 0 Å². The predicted molar refractivity (Wildman–Crippen MR) is 111 cm³/mol. The Balaban J connectivity index is 1.41. The molecule has 8 nitrogen and oxygen atoms in total. The summed E-state index contributed by atoms with van der Waals surface area (Å²) in [5.74, 6) is -0.103. The van der Waals surface area contributed by atoms with Crippen LogP contribution in [0.4, 0.5) is 5.69 Å². The number of hydrogen-bond acceptors (Lipinski definition) is 6. The lowest BCUT2D eigenvalue weighted by atomic mass is 10.2. The number of anilines is 1. The molecule has 0 unspecified atom stereocenters. The number of piperidine rings is 1. The van der Waals surface area contributed by atoms with E-state index in [1.54, 1.807) is 18.2 Å². The molecule has 0 atom stereocenters. The molecule has 0 bridgehead atoms. The molecule has 2 aromatic heterocycles. The first-order valence-electron chi connectivity index (χ1n) is 9.37. The molecule has 1 aliphatic rings. The minimum atomic E-state index is -3.54. The van der Waals surface area contributed by atoms with E-state index in [-0.39, 0.29) is 16.6 Å². The Morgan fingerprint density at radius 1 is 1.07 bits per heavy atom. The second kappa shape index (κ2) is 8.52. The van der Waals surface area contributed by atoms with Crippen molar-refractivity contribution in [3.63, 3.8) is 0 Å². The Morgan fingerprint density at radius 2 is 1.90 bits per heavy atom. The summed E-state index contributed by atoms with van der Waals surface area (Å²) in [6.45, 7) is 1.09. The number of rotatable bonds is 6. The maximum atomic E-state index is 12.8. The normalized spacial score (nSPS) is 15.4. The predicted octanol–water partition coefficient (Wildman–Crippen LogP) is 2.63. The maximum Gasteiger partial charge on any atom is 0.243 e. The average molecular weight is 432 g/mol. The molecular formula is C19H21N5O3S2. The lowest BCUT2D eigenvalue weighted by Gasteiger charge is -2.26.